The van der Waals surface area contributed by atoms with Gasteiger partial charge in [-0.3, -0.25) is 0 Å². The molecular formula is C16H15F2N7. The summed E-state index contributed by atoms with van der Waals surface area (Å²) in [6.07, 6.45) is 1.60. The van der Waals surface area contributed by atoms with E-state index in [1.54, 1.807) is 10.9 Å². The fraction of sp³-hybridized carbons (Fsp3) is 0.250. The summed E-state index contributed by atoms with van der Waals surface area (Å²) in [5.74, 6) is -1.27. The van der Waals surface area contributed by atoms with Crippen molar-refractivity contribution in [1.82, 2.24) is 24.4 Å². The van der Waals surface area contributed by atoms with Crippen molar-refractivity contribution in [2.24, 2.45) is 0 Å². The summed E-state index contributed by atoms with van der Waals surface area (Å²) in [7, 11) is 3.89. The van der Waals surface area contributed by atoms with Crippen LogP contribution in [0, 0.1) is 23.0 Å². The van der Waals surface area contributed by atoms with Gasteiger partial charge in [-0.15, -0.1) is 0 Å². The molecule has 0 saturated heterocycles. The van der Waals surface area contributed by atoms with Crippen molar-refractivity contribution < 1.29 is 8.78 Å². The Morgan fingerprint density at radius 3 is 2.56 bits per heavy atom. The zero-order chi connectivity index (χ0) is 18.0. The molecule has 0 amide bonds. The SMILES string of the molecule is CN(C)CCn1cnc2c(Nc3cc(F)cc(F)c3)nc(C#N)nc21. The van der Waals surface area contributed by atoms with Gasteiger partial charge in [0.15, 0.2) is 17.0 Å². The molecule has 0 radical (unpaired) electrons. The maximum absolute atomic E-state index is 13.4. The minimum Gasteiger partial charge on any atom is -0.338 e. The first kappa shape index (κ1) is 16.7. The van der Waals surface area contributed by atoms with Crippen LogP contribution in [0.3, 0.4) is 0 Å². The Kier molecular flexibility index (Phi) is 4.54. The molecule has 3 aromatic rings. The topological polar surface area (TPSA) is 82.7 Å². The van der Waals surface area contributed by atoms with Crippen LogP contribution >= 0.6 is 0 Å². The maximum atomic E-state index is 13.4. The number of nitrogens with one attached hydrogen (secondary N) is 1. The third-order valence-corrected chi connectivity index (χ3v) is 3.48. The van der Waals surface area contributed by atoms with Crippen molar-refractivity contribution in [3.05, 3.63) is 42.0 Å². The highest BCUT2D eigenvalue weighted by Gasteiger charge is 2.14. The lowest BCUT2D eigenvalue weighted by molar-refractivity contribution is 0.386. The number of fused-ring (bicyclic) bond motifs is 1. The molecule has 1 N–H and O–H groups in total. The largest absolute Gasteiger partial charge is 0.338 e. The average molecular weight is 343 g/mol. The number of nitriles is 1. The molecule has 9 heteroatoms. The van der Waals surface area contributed by atoms with Crippen molar-refractivity contribution in [2.45, 2.75) is 6.54 Å². The summed E-state index contributed by atoms with van der Waals surface area (Å²) in [4.78, 5) is 14.5. The molecule has 2 heterocycles. The predicted molar refractivity (Wildman–Crippen MR) is 88.2 cm³/mol. The monoisotopic (exact) mass is 343 g/mol. The van der Waals surface area contributed by atoms with Crippen LogP contribution in [-0.2, 0) is 6.54 Å². The molecule has 0 aliphatic rings. The van der Waals surface area contributed by atoms with E-state index < -0.39 is 11.6 Å². The van der Waals surface area contributed by atoms with Crippen LogP contribution in [0.5, 0.6) is 0 Å². The highest BCUT2D eigenvalue weighted by molar-refractivity contribution is 5.85. The van der Waals surface area contributed by atoms with Gasteiger partial charge in [0.1, 0.15) is 17.7 Å². The third-order valence-electron chi connectivity index (χ3n) is 3.48. The van der Waals surface area contributed by atoms with E-state index in [1.807, 2.05) is 25.1 Å². The zero-order valence-corrected chi connectivity index (χ0v) is 13.7. The Balaban J connectivity index is 2.03. The lowest BCUT2D eigenvalue weighted by Crippen LogP contribution is -2.18. The van der Waals surface area contributed by atoms with Gasteiger partial charge in [0.2, 0.25) is 5.82 Å². The van der Waals surface area contributed by atoms with Crippen molar-refractivity contribution in [1.29, 1.82) is 5.26 Å². The fourth-order valence-electron chi connectivity index (χ4n) is 2.32. The molecule has 1 aromatic carbocycles. The molecule has 0 aliphatic heterocycles. The lowest BCUT2D eigenvalue weighted by Gasteiger charge is -2.11. The first-order valence-corrected chi connectivity index (χ1v) is 7.47. The molecular weight excluding hydrogens is 328 g/mol. The second kappa shape index (κ2) is 6.78. The molecule has 0 saturated carbocycles. The van der Waals surface area contributed by atoms with Gasteiger partial charge < -0.3 is 14.8 Å². The number of likely N-dealkylation sites (N-methyl/N-ethyl adjacent to an activating group) is 1. The van der Waals surface area contributed by atoms with Crippen LogP contribution in [0.4, 0.5) is 20.3 Å². The van der Waals surface area contributed by atoms with Crippen molar-refractivity contribution in [3.63, 3.8) is 0 Å². The van der Waals surface area contributed by atoms with Crippen LogP contribution in [0.25, 0.3) is 11.2 Å². The number of hydrogen-bond donors (Lipinski definition) is 1. The molecule has 0 atom stereocenters. The summed E-state index contributed by atoms with van der Waals surface area (Å²) in [6.45, 7) is 1.38. The molecule has 0 aliphatic carbocycles. The van der Waals surface area contributed by atoms with Gasteiger partial charge in [-0.25, -0.2) is 13.8 Å². The summed E-state index contributed by atoms with van der Waals surface area (Å²) in [5.41, 5.74) is 1.07. The van der Waals surface area contributed by atoms with E-state index in [1.165, 1.54) is 0 Å². The van der Waals surface area contributed by atoms with E-state index in [-0.39, 0.29) is 17.3 Å². The summed E-state index contributed by atoms with van der Waals surface area (Å²) >= 11 is 0. The highest BCUT2D eigenvalue weighted by atomic mass is 19.1. The van der Waals surface area contributed by atoms with E-state index in [2.05, 4.69) is 20.3 Å². The standard InChI is InChI=1S/C16H15F2N7/c1-24(2)3-4-25-9-20-14-15(22-13(8-19)23-16(14)25)21-12-6-10(17)5-11(18)7-12/h5-7,9H,3-4H2,1-2H3,(H,21,22,23). The maximum Gasteiger partial charge on any atom is 0.236 e. The summed E-state index contributed by atoms with van der Waals surface area (Å²) < 4.78 is 28.6. The first-order chi connectivity index (χ1) is 12.0. The zero-order valence-electron chi connectivity index (χ0n) is 13.7. The quantitative estimate of drug-likeness (QED) is 0.765. The summed E-state index contributed by atoms with van der Waals surface area (Å²) in [5, 5.41) is 12.0. The van der Waals surface area contributed by atoms with E-state index >= 15 is 0 Å². The number of aromatic nitrogens is 4. The summed E-state index contributed by atoms with van der Waals surface area (Å²) in [6, 6.07) is 4.93. The minimum atomic E-state index is -0.718. The normalized spacial score (nSPS) is 11.0. The van der Waals surface area contributed by atoms with E-state index in [9.17, 15) is 8.78 Å². The van der Waals surface area contributed by atoms with Gasteiger partial charge in [-0.05, 0) is 26.2 Å². The van der Waals surface area contributed by atoms with Gasteiger partial charge >= 0.3 is 0 Å². The van der Waals surface area contributed by atoms with E-state index in [0.717, 1.165) is 24.7 Å². The molecule has 0 spiro atoms. The molecule has 0 fully saturated rings. The third kappa shape index (κ3) is 3.70. The molecule has 3 rings (SSSR count). The van der Waals surface area contributed by atoms with Crippen LogP contribution in [0.15, 0.2) is 24.5 Å². The van der Waals surface area contributed by atoms with Crippen molar-refractivity contribution in [3.8, 4) is 6.07 Å². The molecule has 25 heavy (non-hydrogen) atoms. The molecule has 7 nitrogen and oxygen atoms in total. The lowest BCUT2D eigenvalue weighted by atomic mass is 10.3. The Labute approximate surface area is 142 Å². The smallest absolute Gasteiger partial charge is 0.236 e. The van der Waals surface area contributed by atoms with Gasteiger partial charge in [0.25, 0.3) is 0 Å². The van der Waals surface area contributed by atoms with Gasteiger partial charge in [-0.2, -0.15) is 15.2 Å². The number of benzene rings is 1. The Morgan fingerprint density at radius 1 is 1.20 bits per heavy atom. The molecule has 0 bridgehead atoms. The number of halogens is 2. The molecule has 0 unspecified atom stereocenters. The second-order valence-electron chi connectivity index (χ2n) is 5.70. The van der Waals surface area contributed by atoms with Gasteiger partial charge in [-0.1, -0.05) is 0 Å². The van der Waals surface area contributed by atoms with Crippen LogP contribution in [0.1, 0.15) is 5.82 Å². The highest BCUT2D eigenvalue weighted by Crippen LogP contribution is 2.24. The number of imidazole rings is 1. The Morgan fingerprint density at radius 2 is 1.92 bits per heavy atom. The van der Waals surface area contributed by atoms with Gasteiger partial charge in [0, 0.05) is 24.8 Å². The molecule has 128 valence electrons. The number of rotatable bonds is 5. The average Bonchev–Trinajstić information content (AvgIpc) is 2.95. The first-order valence-electron chi connectivity index (χ1n) is 7.47. The van der Waals surface area contributed by atoms with Gasteiger partial charge in [0.05, 0.1) is 6.33 Å². The second-order valence-corrected chi connectivity index (χ2v) is 5.70. The number of anilines is 2. The van der Waals surface area contributed by atoms with Crippen LogP contribution in [-0.4, -0.2) is 45.1 Å². The number of nitrogens with zero attached hydrogens (tertiary/aromatic N) is 6. The van der Waals surface area contributed by atoms with Crippen LogP contribution < -0.4 is 5.32 Å². The molecule has 2 aromatic heterocycles. The predicted octanol–water partition coefficient (Wildman–Crippen LogP) is 2.28. The Bertz CT molecular complexity index is 939. The number of hydrogen-bond acceptors (Lipinski definition) is 6. The van der Waals surface area contributed by atoms with Crippen molar-refractivity contribution in [2.75, 3.05) is 26.0 Å². The van der Waals surface area contributed by atoms with Crippen LogP contribution in [0.2, 0.25) is 0 Å². The Hall–Kier alpha value is -3.12. The fourth-order valence-corrected chi connectivity index (χ4v) is 2.32. The van der Waals surface area contributed by atoms with E-state index in [0.29, 0.717) is 17.7 Å². The minimum absolute atomic E-state index is 0.0570. The van der Waals surface area contributed by atoms with E-state index in [4.69, 9.17) is 5.26 Å². The van der Waals surface area contributed by atoms with Crippen molar-refractivity contribution >= 4 is 22.7 Å².